The van der Waals surface area contributed by atoms with Gasteiger partial charge >= 0.3 is 6.61 Å². The number of hydrogen-bond acceptors (Lipinski definition) is 3. The number of hydrogen-bond donors (Lipinski definition) is 0. The number of benzene rings is 1. The predicted octanol–water partition coefficient (Wildman–Crippen LogP) is 5.26. The van der Waals surface area contributed by atoms with Crippen LogP contribution in [0.5, 0.6) is 5.75 Å². The Hall–Kier alpha value is -2.41. The molecule has 0 saturated heterocycles. The van der Waals surface area contributed by atoms with E-state index in [1.165, 1.54) is 6.07 Å². The molecule has 2 heterocycles. The number of alkyl halides is 2. The fourth-order valence-electron chi connectivity index (χ4n) is 3.61. The van der Waals surface area contributed by atoms with Gasteiger partial charge in [0.05, 0.1) is 5.56 Å². The standard InChI is InChI=1S/C21H22ClF2N3O2/c1-11(2)16-8-12(3)27-18(16)20(28)26(10-13-4-5-13)19(25-27)15-7-6-14(22)9-17(15)29-21(23)24/h6-9,11,13,21H,4-5,10H2,1-3H3. The number of nitrogens with zero attached hydrogens (tertiary/aromatic N) is 3. The van der Waals surface area contributed by atoms with E-state index in [0.717, 1.165) is 24.1 Å². The number of ether oxygens (including phenoxy) is 1. The molecule has 0 atom stereocenters. The lowest BCUT2D eigenvalue weighted by Gasteiger charge is -2.17. The van der Waals surface area contributed by atoms with Crippen molar-refractivity contribution < 1.29 is 13.5 Å². The number of fused-ring (bicyclic) bond motifs is 1. The van der Waals surface area contributed by atoms with Gasteiger partial charge in [0.1, 0.15) is 11.3 Å². The normalized spacial score (nSPS) is 14.3. The zero-order valence-corrected chi connectivity index (χ0v) is 17.2. The minimum absolute atomic E-state index is 0.0998. The van der Waals surface area contributed by atoms with E-state index in [4.69, 9.17) is 21.4 Å². The van der Waals surface area contributed by atoms with Crippen LogP contribution in [0.1, 0.15) is 43.9 Å². The minimum Gasteiger partial charge on any atom is -0.434 e. The molecule has 154 valence electrons. The van der Waals surface area contributed by atoms with Crippen LogP contribution in [-0.4, -0.2) is 20.8 Å². The molecule has 2 aromatic heterocycles. The van der Waals surface area contributed by atoms with Gasteiger partial charge in [-0.05, 0) is 61.4 Å². The molecule has 0 N–H and O–H groups in total. The maximum atomic E-state index is 13.5. The van der Waals surface area contributed by atoms with Gasteiger partial charge in [-0.2, -0.15) is 8.78 Å². The molecular weight excluding hydrogens is 400 g/mol. The maximum Gasteiger partial charge on any atom is 0.387 e. The molecule has 0 bridgehead atoms. The zero-order chi connectivity index (χ0) is 20.9. The molecule has 1 fully saturated rings. The van der Waals surface area contributed by atoms with Gasteiger partial charge in [0.15, 0.2) is 5.82 Å². The largest absolute Gasteiger partial charge is 0.434 e. The summed E-state index contributed by atoms with van der Waals surface area (Å²) in [7, 11) is 0. The van der Waals surface area contributed by atoms with Crippen molar-refractivity contribution in [1.29, 1.82) is 0 Å². The Morgan fingerprint density at radius 3 is 2.62 bits per heavy atom. The zero-order valence-electron chi connectivity index (χ0n) is 16.5. The van der Waals surface area contributed by atoms with Crippen molar-refractivity contribution in [2.75, 3.05) is 0 Å². The lowest BCUT2D eigenvalue weighted by molar-refractivity contribution is -0.0494. The smallest absolute Gasteiger partial charge is 0.387 e. The van der Waals surface area contributed by atoms with Crippen LogP contribution in [0.4, 0.5) is 8.78 Å². The summed E-state index contributed by atoms with van der Waals surface area (Å²) in [5.41, 5.74) is 2.42. The summed E-state index contributed by atoms with van der Waals surface area (Å²) < 4.78 is 33.9. The second-order valence-electron chi connectivity index (χ2n) is 7.86. The van der Waals surface area contributed by atoms with Gasteiger partial charge in [-0.15, -0.1) is 5.10 Å². The topological polar surface area (TPSA) is 48.5 Å². The third-order valence-corrected chi connectivity index (χ3v) is 5.48. The summed E-state index contributed by atoms with van der Waals surface area (Å²) in [6.07, 6.45) is 2.07. The van der Waals surface area contributed by atoms with Crippen molar-refractivity contribution in [3.05, 3.63) is 50.9 Å². The lowest BCUT2D eigenvalue weighted by Crippen LogP contribution is -2.27. The van der Waals surface area contributed by atoms with Gasteiger partial charge in [-0.1, -0.05) is 25.4 Å². The molecule has 4 rings (SSSR count). The molecule has 1 aliphatic carbocycles. The molecule has 29 heavy (non-hydrogen) atoms. The first-order chi connectivity index (χ1) is 13.8. The predicted molar refractivity (Wildman–Crippen MR) is 108 cm³/mol. The van der Waals surface area contributed by atoms with Gasteiger partial charge in [0.25, 0.3) is 5.56 Å². The monoisotopic (exact) mass is 421 g/mol. The van der Waals surface area contributed by atoms with Crippen LogP contribution in [0.3, 0.4) is 0 Å². The summed E-state index contributed by atoms with van der Waals surface area (Å²) in [5, 5.41) is 4.96. The van der Waals surface area contributed by atoms with Crippen molar-refractivity contribution in [3.8, 4) is 17.1 Å². The van der Waals surface area contributed by atoms with Crippen molar-refractivity contribution in [1.82, 2.24) is 14.2 Å². The Bertz CT molecular complexity index is 1130. The van der Waals surface area contributed by atoms with E-state index in [2.05, 4.69) is 0 Å². The van der Waals surface area contributed by atoms with Gasteiger partial charge in [-0.3, -0.25) is 9.36 Å². The fraction of sp³-hybridized carbons (Fsp3) is 0.429. The molecule has 0 radical (unpaired) electrons. The van der Waals surface area contributed by atoms with Crippen molar-refractivity contribution in [2.24, 2.45) is 5.92 Å². The van der Waals surface area contributed by atoms with Gasteiger partial charge in [0.2, 0.25) is 0 Å². The van der Waals surface area contributed by atoms with Crippen molar-refractivity contribution in [3.63, 3.8) is 0 Å². The second-order valence-corrected chi connectivity index (χ2v) is 8.29. The number of aryl methyl sites for hydroxylation is 1. The Balaban J connectivity index is 2.02. The van der Waals surface area contributed by atoms with Gasteiger partial charge in [0, 0.05) is 17.3 Å². The van der Waals surface area contributed by atoms with E-state index in [9.17, 15) is 13.6 Å². The third-order valence-electron chi connectivity index (χ3n) is 5.24. The molecule has 3 aromatic rings. The molecular formula is C21H22ClF2N3O2. The first-order valence-corrected chi connectivity index (χ1v) is 10.0. The Labute approximate surface area is 171 Å². The van der Waals surface area contributed by atoms with E-state index in [0.29, 0.717) is 29.4 Å². The van der Waals surface area contributed by atoms with Gasteiger partial charge in [-0.25, -0.2) is 4.52 Å². The molecule has 1 saturated carbocycles. The molecule has 0 aliphatic heterocycles. The molecule has 1 aromatic carbocycles. The molecule has 8 heteroatoms. The highest BCUT2D eigenvalue weighted by Crippen LogP contribution is 2.36. The highest BCUT2D eigenvalue weighted by atomic mass is 35.5. The van der Waals surface area contributed by atoms with Crippen LogP contribution >= 0.6 is 11.6 Å². The number of halogens is 3. The Morgan fingerprint density at radius 1 is 1.28 bits per heavy atom. The number of rotatable bonds is 6. The summed E-state index contributed by atoms with van der Waals surface area (Å²) in [6, 6.07) is 6.43. The van der Waals surface area contributed by atoms with Crippen molar-refractivity contribution in [2.45, 2.75) is 52.7 Å². The highest BCUT2D eigenvalue weighted by Gasteiger charge is 2.27. The Kier molecular flexibility index (Phi) is 5.11. The molecule has 5 nitrogen and oxygen atoms in total. The molecule has 1 aliphatic rings. The van der Waals surface area contributed by atoms with E-state index >= 15 is 0 Å². The third kappa shape index (κ3) is 3.75. The fourth-order valence-corrected chi connectivity index (χ4v) is 3.77. The average Bonchev–Trinajstić information content (AvgIpc) is 3.39. The first kappa shape index (κ1) is 19.9. The number of aromatic nitrogens is 3. The molecule has 0 unspecified atom stereocenters. The van der Waals surface area contributed by atoms with Crippen LogP contribution in [0.25, 0.3) is 16.9 Å². The summed E-state index contributed by atoms with van der Waals surface area (Å²) >= 11 is 5.99. The van der Waals surface area contributed by atoms with Gasteiger partial charge < -0.3 is 4.74 Å². The molecule has 0 spiro atoms. The maximum absolute atomic E-state index is 13.5. The summed E-state index contributed by atoms with van der Waals surface area (Å²) in [5.74, 6) is 0.746. The average molecular weight is 422 g/mol. The van der Waals surface area contributed by atoms with Crippen LogP contribution in [0, 0.1) is 12.8 Å². The van der Waals surface area contributed by atoms with Crippen LogP contribution in [-0.2, 0) is 6.54 Å². The van der Waals surface area contributed by atoms with Crippen molar-refractivity contribution >= 4 is 17.1 Å². The summed E-state index contributed by atoms with van der Waals surface area (Å²) in [4.78, 5) is 13.5. The summed E-state index contributed by atoms with van der Waals surface area (Å²) in [6.45, 7) is 3.41. The molecule has 0 amide bonds. The lowest BCUT2D eigenvalue weighted by atomic mass is 10.1. The quantitative estimate of drug-likeness (QED) is 0.545. The Morgan fingerprint density at radius 2 is 2.00 bits per heavy atom. The van der Waals surface area contributed by atoms with E-state index in [-0.39, 0.29) is 22.2 Å². The van der Waals surface area contributed by atoms with E-state index in [1.807, 2.05) is 26.8 Å². The first-order valence-electron chi connectivity index (χ1n) is 9.64. The highest BCUT2D eigenvalue weighted by molar-refractivity contribution is 6.30. The minimum atomic E-state index is -3.01. The van der Waals surface area contributed by atoms with Crippen LogP contribution < -0.4 is 10.3 Å². The van der Waals surface area contributed by atoms with Crippen LogP contribution in [0.2, 0.25) is 5.02 Å². The second kappa shape index (κ2) is 7.44. The van der Waals surface area contributed by atoms with Crippen LogP contribution in [0.15, 0.2) is 29.1 Å². The SMILES string of the molecule is Cc1cc(C(C)C)c2c(=O)n(CC3CC3)c(-c3ccc(Cl)cc3OC(F)F)nn12. The van der Waals surface area contributed by atoms with E-state index < -0.39 is 6.61 Å². The van der Waals surface area contributed by atoms with E-state index in [1.54, 1.807) is 21.2 Å².